The number of aromatic nitrogens is 2. The molecule has 0 bridgehead atoms. The molecule has 3 nitrogen and oxygen atoms in total. The van der Waals surface area contributed by atoms with Crippen LogP contribution in [0.15, 0.2) is 36.5 Å². The zero-order valence-electron chi connectivity index (χ0n) is 9.72. The first-order valence-electron chi connectivity index (χ1n) is 5.37. The number of nitrogens with zero attached hydrogens (tertiary/aromatic N) is 2. The second kappa shape index (κ2) is 5.15. The Morgan fingerprint density at radius 2 is 1.94 bits per heavy atom. The molecule has 0 spiro atoms. The zero-order valence-corrected chi connectivity index (χ0v) is 10.5. The van der Waals surface area contributed by atoms with Gasteiger partial charge in [-0.2, -0.15) is 4.98 Å². The fourth-order valence-electron chi connectivity index (χ4n) is 1.48. The minimum Gasteiger partial charge on any atom is -0.469 e. The third kappa shape index (κ3) is 2.94. The van der Waals surface area contributed by atoms with Gasteiger partial charge in [0.15, 0.2) is 0 Å². The normalized spacial score (nSPS) is 12.2. The van der Waals surface area contributed by atoms with Gasteiger partial charge in [-0.25, -0.2) is 4.98 Å². The van der Waals surface area contributed by atoms with Crippen LogP contribution in [-0.2, 0) is 0 Å². The molecule has 0 fully saturated rings. The fourth-order valence-corrected chi connectivity index (χ4v) is 1.61. The highest BCUT2D eigenvalue weighted by atomic mass is 35.5. The van der Waals surface area contributed by atoms with Crippen LogP contribution in [0.2, 0.25) is 5.28 Å². The van der Waals surface area contributed by atoms with E-state index < -0.39 is 0 Å². The molecule has 0 aliphatic rings. The predicted octanol–water partition coefficient (Wildman–Crippen LogP) is 3.58. The molecule has 0 radical (unpaired) electrons. The first kappa shape index (κ1) is 11.9. The van der Waals surface area contributed by atoms with E-state index in [9.17, 15) is 0 Å². The van der Waals surface area contributed by atoms with Crippen LogP contribution in [-0.4, -0.2) is 9.97 Å². The van der Waals surface area contributed by atoms with Gasteiger partial charge in [0.1, 0.15) is 6.10 Å². The average Bonchev–Trinajstić information content (AvgIpc) is 2.35. The van der Waals surface area contributed by atoms with Crippen LogP contribution in [0, 0.1) is 6.92 Å². The largest absolute Gasteiger partial charge is 0.469 e. The Kier molecular flexibility index (Phi) is 3.59. The first-order valence-corrected chi connectivity index (χ1v) is 5.75. The smallest absolute Gasteiger partial charge is 0.225 e. The minimum absolute atomic E-state index is 0.0686. The molecule has 1 aromatic heterocycles. The van der Waals surface area contributed by atoms with E-state index in [2.05, 4.69) is 9.97 Å². The molecule has 1 unspecified atom stereocenters. The maximum absolute atomic E-state index is 5.78. The second-order valence-electron chi connectivity index (χ2n) is 3.80. The van der Waals surface area contributed by atoms with E-state index in [0.29, 0.717) is 5.88 Å². The van der Waals surface area contributed by atoms with Crippen molar-refractivity contribution in [1.29, 1.82) is 0 Å². The van der Waals surface area contributed by atoms with Crippen molar-refractivity contribution in [2.45, 2.75) is 20.0 Å². The maximum Gasteiger partial charge on any atom is 0.225 e. The molecule has 0 aliphatic heterocycles. The van der Waals surface area contributed by atoms with Gasteiger partial charge in [0.25, 0.3) is 0 Å². The molecular weight excluding hydrogens is 236 g/mol. The standard InChI is InChI=1S/C13H13ClN2O/c1-9-8-15-13(14)16-12(9)17-10(2)11-6-4-3-5-7-11/h3-8,10H,1-2H3. The highest BCUT2D eigenvalue weighted by molar-refractivity contribution is 6.28. The minimum atomic E-state index is -0.0686. The van der Waals surface area contributed by atoms with Crippen LogP contribution in [0.3, 0.4) is 0 Å². The molecule has 0 saturated carbocycles. The molecule has 2 aromatic rings. The Bertz CT molecular complexity index is 502. The van der Waals surface area contributed by atoms with Crippen LogP contribution < -0.4 is 4.74 Å². The predicted molar refractivity (Wildman–Crippen MR) is 67.3 cm³/mol. The molecule has 1 atom stereocenters. The lowest BCUT2D eigenvalue weighted by molar-refractivity contribution is 0.215. The quantitative estimate of drug-likeness (QED) is 0.779. The Morgan fingerprint density at radius 1 is 1.24 bits per heavy atom. The van der Waals surface area contributed by atoms with Crippen molar-refractivity contribution in [1.82, 2.24) is 9.97 Å². The molecule has 88 valence electrons. The summed E-state index contributed by atoms with van der Waals surface area (Å²) in [5.41, 5.74) is 1.97. The average molecular weight is 249 g/mol. The van der Waals surface area contributed by atoms with Crippen LogP contribution in [0.5, 0.6) is 5.88 Å². The monoisotopic (exact) mass is 248 g/mol. The van der Waals surface area contributed by atoms with E-state index in [1.807, 2.05) is 44.2 Å². The van der Waals surface area contributed by atoms with E-state index in [1.165, 1.54) is 0 Å². The van der Waals surface area contributed by atoms with Crippen LogP contribution >= 0.6 is 11.6 Å². The molecule has 0 amide bonds. The Hall–Kier alpha value is -1.61. The number of rotatable bonds is 3. The summed E-state index contributed by atoms with van der Waals surface area (Å²) in [4.78, 5) is 7.96. The van der Waals surface area contributed by atoms with Crippen molar-refractivity contribution in [3.63, 3.8) is 0 Å². The van der Waals surface area contributed by atoms with E-state index in [0.717, 1.165) is 11.1 Å². The molecule has 1 aromatic carbocycles. The van der Waals surface area contributed by atoms with Gasteiger partial charge in [-0.05, 0) is 31.0 Å². The van der Waals surface area contributed by atoms with Crippen molar-refractivity contribution < 1.29 is 4.74 Å². The summed E-state index contributed by atoms with van der Waals surface area (Å²) in [6.45, 7) is 3.87. The topological polar surface area (TPSA) is 35.0 Å². The Morgan fingerprint density at radius 3 is 2.65 bits per heavy atom. The molecule has 4 heteroatoms. The zero-order chi connectivity index (χ0) is 12.3. The first-order chi connectivity index (χ1) is 8.16. The van der Waals surface area contributed by atoms with Gasteiger partial charge >= 0.3 is 0 Å². The SMILES string of the molecule is Cc1cnc(Cl)nc1OC(C)c1ccccc1. The third-order valence-electron chi connectivity index (χ3n) is 2.45. The summed E-state index contributed by atoms with van der Waals surface area (Å²) in [5.74, 6) is 0.529. The van der Waals surface area contributed by atoms with Crippen LogP contribution in [0.1, 0.15) is 24.2 Å². The summed E-state index contributed by atoms with van der Waals surface area (Å²) in [5, 5.41) is 0.200. The summed E-state index contributed by atoms with van der Waals surface area (Å²) in [6, 6.07) is 9.97. The third-order valence-corrected chi connectivity index (χ3v) is 2.64. The Balaban J connectivity index is 2.18. The van der Waals surface area contributed by atoms with Crippen molar-refractivity contribution in [3.8, 4) is 5.88 Å². The van der Waals surface area contributed by atoms with Crippen molar-refractivity contribution in [2.75, 3.05) is 0 Å². The second-order valence-corrected chi connectivity index (χ2v) is 4.14. The number of hydrogen-bond donors (Lipinski definition) is 0. The highest BCUT2D eigenvalue weighted by Gasteiger charge is 2.10. The van der Waals surface area contributed by atoms with E-state index in [-0.39, 0.29) is 11.4 Å². The van der Waals surface area contributed by atoms with Gasteiger partial charge in [-0.3, -0.25) is 0 Å². The summed E-state index contributed by atoms with van der Waals surface area (Å²) in [6.07, 6.45) is 1.59. The number of benzene rings is 1. The number of halogens is 1. The molecular formula is C13H13ClN2O. The van der Waals surface area contributed by atoms with Gasteiger partial charge in [-0.15, -0.1) is 0 Å². The van der Waals surface area contributed by atoms with Crippen molar-refractivity contribution in [2.24, 2.45) is 0 Å². The van der Waals surface area contributed by atoms with Crippen molar-refractivity contribution in [3.05, 3.63) is 52.9 Å². The maximum atomic E-state index is 5.78. The summed E-state index contributed by atoms with van der Waals surface area (Å²) >= 11 is 5.74. The van der Waals surface area contributed by atoms with E-state index in [4.69, 9.17) is 16.3 Å². The molecule has 2 rings (SSSR count). The van der Waals surface area contributed by atoms with Crippen LogP contribution in [0.4, 0.5) is 0 Å². The van der Waals surface area contributed by atoms with Gasteiger partial charge in [0.05, 0.1) is 0 Å². The van der Waals surface area contributed by atoms with Crippen LogP contribution in [0.25, 0.3) is 0 Å². The molecule has 0 saturated heterocycles. The number of aryl methyl sites for hydroxylation is 1. The van der Waals surface area contributed by atoms with Crippen molar-refractivity contribution >= 4 is 11.6 Å². The van der Waals surface area contributed by atoms with Gasteiger partial charge < -0.3 is 4.74 Å². The molecule has 1 heterocycles. The van der Waals surface area contributed by atoms with Gasteiger partial charge in [0, 0.05) is 11.8 Å². The lowest BCUT2D eigenvalue weighted by Gasteiger charge is -2.15. The summed E-state index contributed by atoms with van der Waals surface area (Å²) < 4.78 is 5.78. The molecule has 0 N–H and O–H groups in total. The van der Waals surface area contributed by atoms with Gasteiger partial charge in [-0.1, -0.05) is 30.3 Å². The number of hydrogen-bond acceptors (Lipinski definition) is 3. The van der Waals surface area contributed by atoms with E-state index in [1.54, 1.807) is 6.20 Å². The molecule has 0 aliphatic carbocycles. The van der Waals surface area contributed by atoms with E-state index >= 15 is 0 Å². The Labute approximate surface area is 105 Å². The number of ether oxygens (including phenoxy) is 1. The lowest BCUT2D eigenvalue weighted by atomic mass is 10.1. The lowest BCUT2D eigenvalue weighted by Crippen LogP contribution is -2.05. The highest BCUT2D eigenvalue weighted by Crippen LogP contribution is 2.23. The molecule has 17 heavy (non-hydrogen) atoms. The van der Waals surface area contributed by atoms with Gasteiger partial charge in [0.2, 0.25) is 11.2 Å². The summed E-state index contributed by atoms with van der Waals surface area (Å²) in [7, 11) is 0. The fraction of sp³-hybridized carbons (Fsp3) is 0.231.